The van der Waals surface area contributed by atoms with E-state index in [9.17, 15) is 4.79 Å². The van der Waals surface area contributed by atoms with Crippen LogP contribution in [0.25, 0.3) is 10.2 Å². The number of nitriles is 1. The average Bonchev–Trinajstić information content (AvgIpc) is 2.75. The molecule has 1 N–H and O–H groups in total. The van der Waals surface area contributed by atoms with Gasteiger partial charge in [-0.2, -0.15) is 5.26 Å². The van der Waals surface area contributed by atoms with Crippen molar-refractivity contribution < 1.29 is 4.79 Å². The quantitative estimate of drug-likeness (QED) is 0.883. The summed E-state index contributed by atoms with van der Waals surface area (Å²) >= 11 is 1.54. The SMILES string of the molecule is CC(C)(C#N)NC(=O)c1cnc2ccsc2c1. The Labute approximate surface area is 103 Å². The van der Waals surface area contributed by atoms with Gasteiger partial charge in [0.15, 0.2) is 0 Å². The predicted octanol–water partition coefficient (Wildman–Crippen LogP) is 2.33. The van der Waals surface area contributed by atoms with Crippen LogP contribution in [0, 0.1) is 11.3 Å². The third kappa shape index (κ3) is 2.43. The van der Waals surface area contributed by atoms with Gasteiger partial charge in [0, 0.05) is 6.20 Å². The zero-order valence-corrected chi connectivity index (χ0v) is 10.3. The van der Waals surface area contributed by atoms with Gasteiger partial charge in [-0.1, -0.05) is 0 Å². The molecule has 2 heterocycles. The number of hydrogen-bond donors (Lipinski definition) is 1. The van der Waals surface area contributed by atoms with Crippen molar-refractivity contribution in [3.05, 3.63) is 29.3 Å². The minimum atomic E-state index is -0.874. The highest BCUT2D eigenvalue weighted by molar-refractivity contribution is 7.17. The summed E-state index contributed by atoms with van der Waals surface area (Å²) in [5, 5.41) is 13.4. The van der Waals surface area contributed by atoms with E-state index in [1.165, 1.54) is 17.5 Å². The molecule has 0 fully saturated rings. The normalized spacial score (nSPS) is 11.1. The lowest BCUT2D eigenvalue weighted by Crippen LogP contribution is -2.42. The average molecular weight is 245 g/mol. The molecule has 86 valence electrons. The van der Waals surface area contributed by atoms with E-state index in [4.69, 9.17) is 5.26 Å². The molecular formula is C12H11N3OS. The Morgan fingerprint density at radius 3 is 3.06 bits per heavy atom. The summed E-state index contributed by atoms with van der Waals surface area (Å²) in [5.41, 5.74) is 0.482. The third-order valence-electron chi connectivity index (χ3n) is 2.27. The molecule has 0 atom stereocenters. The van der Waals surface area contributed by atoms with E-state index in [0.29, 0.717) is 5.56 Å². The van der Waals surface area contributed by atoms with Gasteiger partial charge in [-0.25, -0.2) is 0 Å². The highest BCUT2D eigenvalue weighted by Gasteiger charge is 2.20. The van der Waals surface area contributed by atoms with Crippen LogP contribution in [0.1, 0.15) is 24.2 Å². The molecule has 0 aliphatic carbocycles. The molecule has 0 saturated heterocycles. The van der Waals surface area contributed by atoms with E-state index < -0.39 is 5.54 Å². The second kappa shape index (κ2) is 4.15. The Bertz CT molecular complexity index is 609. The monoisotopic (exact) mass is 245 g/mol. The van der Waals surface area contributed by atoms with Gasteiger partial charge in [0.05, 0.1) is 21.8 Å². The fourth-order valence-corrected chi connectivity index (χ4v) is 2.13. The lowest BCUT2D eigenvalue weighted by atomic mass is 10.1. The zero-order valence-electron chi connectivity index (χ0n) is 9.52. The van der Waals surface area contributed by atoms with Gasteiger partial charge in [0.25, 0.3) is 5.91 Å². The van der Waals surface area contributed by atoms with E-state index in [1.54, 1.807) is 19.9 Å². The van der Waals surface area contributed by atoms with Crippen LogP contribution in [0.2, 0.25) is 0 Å². The lowest BCUT2D eigenvalue weighted by molar-refractivity contribution is 0.0929. The molecule has 2 aromatic heterocycles. The first kappa shape index (κ1) is 11.6. The summed E-state index contributed by atoms with van der Waals surface area (Å²) in [6.45, 7) is 3.31. The number of hydrogen-bond acceptors (Lipinski definition) is 4. The standard InChI is InChI=1S/C12H11N3OS/c1-12(2,7-13)15-11(16)8-5-10-9(14-6-8)3-4-17-10/h3-6H,1-2H3,(H,15,16). The van der Waals surface area contributed by atoms with Gasteiger partial charge in [0.1, 0.15) is 5.54 Å². The number of fused-ring (bicyclic) bond motifs is 1. The summed E-state index contributed by atoms with van der Waals surface area (Å²) in [4.78, 5) is 16.1. The summed E-state index contributed by atoms with van der Waals surface area (Å²) < 4.78 is 0.965. The zero-order chi connectivity index (χ0) is 12.5. The molecule has 4 nitrogen and oxygen atoms in total. The number of carbonyl (C=O) groups is 1. The second-order valence-corrected chi connectivity index (χ2v) is 5.17. The molecule has 5 heteroatoms. The Kier molecular flexibility index (Phi) is 2.82. The maximum absolute atomic E-state index is 11.9. The van der Waals surface area contributed by atoms with Crippen molar-refractivity contribution in [2.45, 2.75) is 19.4 Å². The number of carbonyl (C=O) groups excluding carboxylic acids is 1. The number of rotatable bonds is 2. The van der Waals surface area contributed by atoms with Crippen LogP contribution in [0.4, 0.5) is 0 Å². The Morgan fingerprint density at radius 1 is 1.59 bits per heavy atom. The predicted molar refractivity (Wildman–Crippen MR) is 66.8 cm³/mol. The number of pyridine rings is 1. The fraction of sp³-hybridized carbons (Fsp3) is 0.250. The number of amides is 1. The van der Waals surface area contributed by atoms with E-state index in [-0.39, 0.29) is 5.91 Å². The van der Waals surface area contributed by atoms with Gasteiger partial charge in [0.2, 0.25) is 0 Å². The van der Waals surface area contributed by atoms with Gasteiger partial charge in [-0.3, -0.25) is 9.78 Å². The van der Waals surface area contributed by atoms with Gasteiger partial charge >= 0.3 is 0 Å². The second-order valence-electron chi connectivity index (χ2n) is 4.22. The first-order valence-corrected chi connectivity index (χ1v) is 5.97. The van der Waals surface area contributed by atoms with Gasteiger partial charge < -0.3 is 5.32 Å². The number of aromatic nitrogens is 1. The van der Waals surface area contributed by atoms with Crippen molar-refractivity contribution in [3.63, 3.8) is 0 Å². The maximum Gasteiger partial charge on any atom is 0.254 e. The molecule has 1 amide bonds. The number of nitrogens with zero attached hydrogens (tertiary/aromatic N) is 2. The highest BCUT2D eigenvalue weighted by Crippen LogP contribution is 2.19. The van der Waals surface area contributed by atoms with Crippen LogP contribution in [0.5, 0.6) is 0 Å². The van der Waals surface area contributed by atoms with E-state index in [2.05, 4.69) is 10.3 Å². The van der Waals surface area contributed by atoms with Crippen LogP contribution < -0.4 is 5.32 Å². The summed E-state index contributed by atoms with van der Waals surface area (Å²) in [6.07, 6.45) is 1.53. The molecule has 0 unspecified atom stereocenters. The van der Waals surface area contributed by atoms with Crippen LogP contribution in [0.15, 0.2) is 23.7 Å². The topological polar surface area (TPSA) is 65.8 Å². The minimum Gasteiger partial charge on any atom is -0.334 e. The molecule has 0 aliphatic heterocycles. The molecule has 0 bridgehead atoms. The molecule has 2 rings (SSSR count). The van der Waals surface area contributed by atoms with Crippen LogP contribution in [0.3, 0.4) is 0 Å². The molecule has 2 aromatic rings. The highest BCUT2D eigenvalue weighted by atomic mass is 32.1. The molecule has 0 aromatic carbocycles. The van der Waals surface area contributed by atoms with E-state index >= 15 is 0 Å². The third-order valence-corrected chi connectivity index (χ3v) is 3.12. The van der Waals surface area contributed by atoms with Crippen molar-refractivity contribution in [3.8, 4) is 6.07 Å². The van der Waals surface area contributed by atoms with Crippen molar-refractivity contribution in [2.75, 3.05) is 0 Å². The van der Waals surface area contributed by atoms with Crippen LogP contribution in [-0.4, -0.2) is 16.4 Å². The first-order chi connectivity index (χ1) is 8.02. The Balaban J connectivity index is 2.28. The summed E-state index contributed by atoms with van der Waals surface area (Å²) in [5.74, 6) is -0.278. The largest absolute Gasteiger partial charge is 0.334 e. The van der Waals surface area contributed by atoms with Gasteiger partial charge in [-0.05, 0) is 31.4 Å². The van der Waals surface area contributed by atoms with Crippen molar-refractivity contribution >= 4 is 27.5 Å². The first-order valence-electron chi connectivity index (χ1n) is 5.09. The summed E-state index contributed by atoms with van der Waals surface area (Å²) in [7, 11) is 0. The molecule has 0 saturated carbocycles. The van der Waals surface area contributed by atoms with Crippen molar-refractivity contribution in [2.24, 2.45) is 0 Å². The van der Waals surface area contributed by atoms with Crippen molar-refractivity contribution in [1.82, 2.24) is 10.3 Å². The molecule has 17 heavy (non-hydrogen) atoms. The lowest BCUT2D eigenvalue weighted by Gasteiger charge is -2.17. The Hall–Kier alpha value is -1.93. The molecular weight excluding hydrogens is 234 g/mol. The molecule has 0 radical (unpaired) electrons. The smallest absolute Gasteiger partial charge is 0.254 e. The molecule has 0 spiro atoms. The molecule has 0 aliphatic rings. The van der Waals surface area contributed by atoms with Crippen molar-refractivity contribution in [1.29, 1.82) is 5.26 Å². The van der Waals surface area contributed by atoms with Crippen LogP contribution >= 0.6 is 11.3 Å². The number of thiophene rings is 1. The van der Waals surface area contributed by atoms with Gasteiger partial charge in [-0.15, -0.1) is 11.3 Å². The minimum absolute atomic E-state index is 0.278. The van der Waals surface area contributed by atoms with E-state index in [1.807, 2.05) is 17.5 Å². The summed E-state index contributed by atoms with van der Waals surface area (Å²) in [6, 6.07) is 5.72. The number of nitrogens with one attached hydrogen (secondary N) is 1. The fourth-order valence-electron chi connectivity index (χ4n) is 1.35. The Morgan fingerprint density at radius 2 is 2.35 bits per heavy atom. The van der Waals surface area contributed by atoms with Crippen LogP contribution in [-0.2, 0) is 0 Å². The maximum atomic E-state index is 11.9. The van der Waals surface area contributed by atoms with E-state index in [0.717, 1.165) is 10.2 Å².